The van der Waals surface area contributed by atoms with Gasteiger partial charge in [-0.05, 0) is 12.8 Å². The molecule has 2 fully saturated rings. The van der Waals surface area contributed by atoms with Crippen molar-refractivity contribution in [3.05, 3.63) is 6.35 Å². The van der Waals surface area contributed by atoms with Crippen molar-refractivity contribution in [2.45, 2.75) is 18.9 Å². The molecule has 0 aromatic rings. The van der Waals surface area contributed by atoms with Crippen molar-refractivity contribution in [1.29, 1.82) is 0 Å². The van der Waals surface area contributed by atoms with Crippen LogP contribution in [0.2, 0.25) is 0 Å². The van der Waals surface area contributed by atoms with Gasteiger partial charge in [-0.2, -0.15) is 0 Å². The minimum Gasteiger partial charge on any atom is -0.393 e. The lowest BCUT2D eigenvalue weighted by Crippen LogP contribution is -2.42. The van der Waals surface area contributed by atoms with Crippen molar-refractivity contribution in [2.75, 3.05) is 26.2 Å². The Balaban J connectivity index is 1.80. The zero-order valence-electron chi connectivity index (χ0n) is 7.12. The number of aliphatic hydroxyl groups excluding tert-OH is 1. The highest BCUT2D eigenvalue weighted by Crippen LogP contribution is 2.18. The highest BCUT2D eigenvalue weighted by atomic mass is 16.5. The first kappa shape index (κ1) is 8.44. The molecule has 0 spiro atoms. The van der Waals surface area contributed by atoms with Gasteiger partial charge in [0.25, 0.3) is 0 Å². The molecule has 0 bridgehead atoms. The fourth-order valence-electron chi connectivity index (χ4n) is 1.63. The van der Waals surface area contributed by atoms with Crippen LogP contribution in [0.5, 0.6) is 0 Å². The second-order valence-electron chi connectivity index (χ2n) is 3.30. The molecule has 4 heteroatoms. The maximum atomic E-state index is 9.27. The summed E-state index contributed by atoms with van der Waals surface area (Å²) in [6.07, 6.45) is 2.51. The third-order valence-corrected chi connectivity index (χ3v) is 2.37. The maximum Gasteiger partial charge on any atom is 0.237 e. The summed E-state index contributed by atoms with van der Waals surface area (Å²) in [5.74, 6) is 0. The molecule has 0 aromatic carbocycles. The Hall–Kier alpha value is -0.160. The molecule has 2 heterocycles. The SMILES string of the molecule is OC1CCN([C]2NCCO2)CC1. The Labute approximate surface area is 72.5 Å². The summed E-state index contributed by atoms with van der Waals surface area (Å²) in [5.41, 5.74) is 0. The molecule has 2 aliphatic rings. The number of nitrogens with one attached hydrogen (secondary N) is 1. The molecule has 0 saturated carbocycles. The molecule has 2 saturated heterocycles. The van der Waals surface area contributed by atoms with Crippen LogP contribution in [0.1, 0.15) is 12.8 Å². The van der Waals surface area contributed by atoms with Gasteiger partial charge in [-0.15, -0.1) is 0 Å². The molecule has 0 atom stereocenters. The van der Waals surface area contributed by atoms with E-state index in [1.54, 1.807) is 0 Å². The Kier molecular flexibility index (Phi) is 2.60. The molecule has 0 amide bonds. The van der Waals surface area contributed by atoms with E-state index in [1.165, 1.54) is 0 Å². The molecular formula is C8H15N2O2. The van der Waals surface area contributed by atoms with Gasteiger partial charge in [0, 0.05) is 19.6 Å². The minimum atomic E-state index is -0.108. The van der Waals surface area contributed by atoms with Gasteiger partial charge < -0.3 is 9.84 Å². The summed E-state index contributed by atoms with van der Waals surface area (Å²) >= 11 is 0. The number of aliphatic hydroxyl groups is 1. The molecule has 0 aliphatic carbocycles. The van der Waals surface area contributed by atoms with E-state index >= 15 is 0 Å². The van der Waals surface area contributed by atoms with Crippen LogP contribution < -0.4 is 5.32 Å². The number of hydrogen-bond acceptors (Lipinski definition) is 4. The fraction of sp³-hybridized carbons (Fsp3) is 0.875. The van der Waals surface area contributed by atoms with Crippen LogP contribution in [0.15, 0.2) is 0 Å². The average Bonchev–Trinajstić information content (AvgIpc) is 2.58. The van der Waals surface area contributed by atoms with Crippen molar-refractivity contribution >= 4 is 0 Å². The lowest BCUT2D eigenvalue weighted by molar-refractivity contribution is 0.0170. The third-order valence-electron chi connectivity index (χ3n) is 2.37. The number of rotatable bonds is 1. The number of ether oxygens (including phenoxy) is 1. The molecule has 0 aromatic heterocycles. The number of hydrogen-bond donors (Lipinski definition) is 2. The van der Waals surface area contributed by atoms with E-state index in [0.29, 0.717) is 0 Å². The van der Waals surface area contributed by atoms with E-state index < -0.39 is 0 Å². The van der Waals surface area contributed by atoms with Crippen LogP contribution in [0.25, 0.3) is 0 Å². The Morgan fingerprint density at radius 3 is 2.75 bits per heavy atom. The Bertz CT molecular complexity index is 140. The van der Waals surface area contributed by atoms with E-state index in [4.69, 9.17) is 4.74 Å². The molecule has 2 N–H and O–H groups in total. The summed E-state index contributed by atoms with van der Waals surface area (Å²) in [6.45, 7) is 3.50. The van der Waals surface area contributed by atoms with E-state index in [2.05, 4.69) is 10.2 Å². The predicted molar refractivity (Wildman–Crippen MR) is 44.0 cm³/mol. The molecule has 0 unspecified atom stereocenters. The van der Waals surface area contributed by atoms with Crippen LogP contribution in [-0.4, -0.2) is 42.4 Å². The van der Waals surface area contributed by atoms with Crippen molar-refractivity contribution in [1.82, 2.24) is 10.2 Å². The second-order valence-corrected chi connectivity index (χ2v) is 3.30. The van der Waals surface area contributed by atoms with Gasteiger partial charge in [0.2, 0.25) is 6.35 Å². The van der Waals surface area contributed by atoms with Crippen LogP contribution in [0.3, 0.4) is 0 Å². The zero-order valence-corrected chi connectivity index (χ0v) is 7.12. The standard InChI is InChI=1S/C8H15N2O2/c11-7-1-4-10(5-2-7)8-9-3-6-12-8/h7,9,11H,1-6H2. The van der Waals surface area contributed by atoms with Gasteiger partial charge in [-0.1, -0.05) is 0 Å². The number of likely N-dealkylation sites (tertiary alicyclic amines) is 1. The molecule has 69 valence electrons. The fourth-order valence-corrected chi connectivity index (χ4v) is 1.63. The molecule has 12 heavy (non-hydrogen) atoms. The van der Waals surface area contributed by atoms with Crippen LogP contribution in [0, 0.1) is 6.35 Å². The van der Waals surface area contributed by atoms with Crippen LogP contribution >= 0.6 is 0 Å². The van der Waals surface area contributed by atoms with Crippen molar-refractivity contribution < 1.29 is 9.84 Å². The van der Waals surface area contributed by atoms with Gasteiger partial charge in [0.05, 0.1) is 12.7 Å². The summed E-state index contributed by atoms with van der Waals surface area (Å²) in [7, 11) is 0. The Morgan fingerprint density at radius 2 is 2.17 bits per heavy atom. The van der Waals surface area contributed by atoms with Gasteiger partial charge in [-0.3, -0.25) is 10.2 Å². The zero-order chi connectivity index (χ0) is 8.39. The topological polar surface area (TPSA) is 44.7 Å². The van der Waals surface area contributed by atoms with Gasteiger partial charge in [0.15, 0.2) is 0 Å². The van der Waals surface area contributed by atoms with Crippen LogP contribution in [0.4, 0.5) is 0 Å². The van der Waals surface area contributed by atoms with Gasteiger partial charge >= 0.3 is 0 Å². The van der Waals surface area contributed by atoms with Crippen molar-refractivity contribution in [3.63, 3.8) is 0 Å². The Morgan fingerprint density at radius 1 is 1.42 bits per heavy atom. The molecule has 4 nitrogen and oxygen atoms in total. The second kappa shape index (κ2) is 3.70. The average molecular weight is 171 g/mol. The summed E-state index contributed by atoms with van der Waals surface area (Å²) in [6, 6.07) is 0. The molecule has 2 rings (SSSR count). The first-order valence-electron chi connectivity index (χ1n) is 4.53. The van der Waals surface area contributed by atoms with E-state index in [9.17, 15) is 5.11 Å². The molecule has 1 radical (unpaired) electrons. The van der Waals surface area contributed by atoms with Crippen molar-refractivity contribution in [2.24, 2.45) is 0 Å². The molecule has 2 aliphatic heterocycles. The van der Waals surface area contributed by atoms with Crippen molar-refractivity contribution in [3.8, 4) is 0 Å². The van der Waals surface area contributed by atoms with E-state index in [0.717, 1.165) is 45.4 Å². The first-order valence-corrected chi connectivity index (χ1v) is 4.53. The highest BCUT2D eigenvalue weighted by molar-refractivity contribution is 4.85. The quantitative estimate of drug-likeness (QED) is 0.559. The third kappa shape index (κ3) is 1.77. The van der Waals surface area contributed by atoms with Gasteiger partial charge in [-0.25, -0.2) is 0 Å². The highest BCUT2D eigenvalue weighted by Gasteiger charge is 2.28. The smallest absolute Gasteiger partial charge is 0.237 e. The molecular weight excluding hydrogens is 156 g/mol. The number of piperidine rings is 1. The van der Waals surface area contributed by atoms with Gasteiger partial charge in [0.1, 0.15) is 0 Å². The predicted octanol–water partition coefficient (Wildman–Crippen LogP) is -0.490. The number of nitrogens with zero attached hydrogens (tertiary/aromatic N) is 1. The van der Waals surface area contributed by atoms with Crippen LogP contribution in [-0.2, 0) is 4.74 Å². The van der Waals surface area contributed by atoms with E-state index in [-0.39, 0.29) is 6.10 Å². The maximum absolute atomic E-state index is 9.27. The minimum absolute atomic E-state index is 0.108. The lowest BCUT2D eigenvalue weighted by atomic mass is 10.1. The lowest BCUT2D eigenvalue weighted by Gasteiger charge is -2.31. The monoisotopic (exact) mass is 171 g/mol. The summed E-state index contributed by atoms with van der Waals surface area (Å²) in [5, 5.41) is 12.5. The first-order chi connectivity index (χ1) is 5.86. The summed E-state index contributed by atoms with van der Waals surface area (Å²) in [4.78, 5) is 2.17. The normalized spacial score (nSPS) is 29.8. The largest absolute Gasteiger partial charge is 0.393 e. The van der Waals surface area contributed by atoms with E-state index in [1.807, 2.05) is 0 Å². The summed E-state index contributed by atoms with van der Waals surface area (Å²) < 4.78 is 5.38.